The third-order valence-corrected chi connectivity index (χ3v) is 7.14. The largest absolute Gasteiger partial charge is 0.481 e. The summed E-state index contributed by atoms with van der Waals surface area (Å²) < 4.78 is 25.4. The number of anilines is 1. The molecule has 0 amide bonds. The number of nitrogen functional groups attached to an aromatic ring is 1. The van der Waals surface area contributed by atoms with E-state index >= 15 is 0 Å². The predicted octanol–water partition coefficient (Wildman–Crippen LogP) is 1.95. The van der Waals surface area contributed by atoms with Crippen molar-refractivity contribution in [3.05, 3.63) is 60.7 Å². The first kappa shape index (κ1) is 28.3. The highest BCUT2D eigenvalue weighted by Gasteiger charge is 2.53. The number of carbonyl (C=O) groups excluding carboxylic acids is 1. The molecule has 0 fully saturated rings. The summed E-state index contributed by atoms with van der Waals surface area (Å²) in [6.07, 6.45) is 6.37. The molecule has 4 atom stereocenters. The summed E-state index contributed by atoms with van der Waals surface area (Å²) in [5, 5.41) is 10.3. The van der Waals surface area contributed by atoms with Gasteiger partial charge < -0.3 is 19.9 Å². The fraction of sp³-hybridized carbons (Fsp3) is 0.348. The van der Waals surface area contributed by atoms with Crippen molar-refractivity contribution < 1.29 is 38.0 Å². The van der Waals surface area contributed by atoms with Gasteiger partial charge in [-0.2, -0.15) is 0 Å². The Morgan fingerprint density at radius 2 is 1.90 bits per heavy atom. The van der Waals surface area contributed by atoms with Crippen molar-refractivity contribution in [3.8, 4) is 0 Å². The summed E-state index contributed by atoms with van der Waals surface area (Å²) in [6, 6.07) is 7.62. The van der Waals surface area contributed by atoms with Crippen LogP contribution in [0.2, 0.25) is 0 Å². The number of hydrogen-bond donors (Lipinski definition) is 3. The van der Waals surface area contributed by atoms with E-state index in [0.717, 1.165) is 0 Å². The summed E-state index contributed by atoms with van der Waals surface area (Å²) in [7, 11) is -2.18. The molecule has 1 unspecified atom stereocenters. The van der Waals surface area contributed by atoms with Gasteiger partial charge in [-0.3, -0.25) is 19.0 Å². The molecule has 4 rings (SSSR count). The zero-order valence-corrected chi connectivity index (χ0v) is 22.0. The molecular formula is C23H28N7O8P. The average Bonchev–Trinajstić information content (AvgIpc) is 3.55. The van der Waals surface area contributed by atoms with Crippen molar-refractivity contribution in [1.29, 1.82) is 0 Å². The van der Waals surface area contributed by atoms with Crippen LogP contribution in [0.1, 0.15) is 24.4 Å². The van der Waals surface area contributed by atoms with Gasteiger partial charge in [-0.1, -0.05) is 42.5 Å². The Morgan fingerprint density at radius 3 is 2.56 bits per heavy atom. The van der Waals surface area contributed by atoms with Crippen molar-refractivity contribution in [1.82, 2.24) is 24.7 Å². The van der Waals surface area contributed by atoms with Gasteiger partial charge in [0.05, 0.1) is 39.6 Å². The lowest BCUT2D eigenvalue weighted by Crippen LogP contribution is -2.53. The van der Waals surface area contributed by atoms with E-state index in [4.69, 9.17) is 30.0 Å². The molecular weight excluding hydrogens is 533 g/mol. The van der Waals surface area contributed by atoms with Crippen LogP contribution in [0.3, 0.4) is 0 Å². The molecule has 1 aliphatic rings. The second kappa shape index (κ2) is 11.6. The third-order valence-electron chi connectivity index (χ3n) is 6.21. The fourth-order valence-corrected chi connectivity index (χ4v) is 5.30. The van der Waals surface area contributed by atoms with Gasteiger partial charge in [0.1, 0.15) is 11.8 Å². The Balaban J connectivity index is 1.48. The van der Waals surface area contributed by atoms with Gasteiger partial charge in [0.15, 0.2) is 11.5 Å². The maximum Gasteiger partial charge on any atom is 0.458 e. The maximum atomic E-state index is 13.5. The molecule has 0 saturated heterocycles. The van der Waals surface area contributed by atoms with E-state index in [0.29, 0.717) is 22.8 Å². The van der Waals surface area contributed by atoms with Gasteiger partial charge in [0, 0.05) is 5.92 Å². The number of allylic oxidation sites excluding steroid dienone is 1. The number of imidazole rings is 1. The van der Waals surface area contributed by atoms with Crippen molar-refractivity contribution in [2.45, 2.75) is 24.4 Å². The van der Waals surface area contributed by atoms with Gasteiger partial charge in [-0.05, 0) is 17.2 Å². The van der Waals surface area contributed by atoms with E-state index in [1.165, 1.54) is 32.7 Å². The molecule has 39 heavy (non-hydrogen) atoms. The summed E-state index contributed by atoms with van der Waals surface area (Å²) in [5.74, 6) is -2.66. The van der Waals surface area contributed by atoms with E-state index < -0.39 is 31.6 Å². The van der Waals surface area contributed by atoms with Crippen LogP contribution in [-0.4, -0.2) is 62.6 Å². The molecule has 3 aromatic rings. The smallest absolute Gasteiger partial charge is 0.458 e. The fourth-order valence-electron chi connectivity index (χ4n) is 4.47. The van der Waals surface area contributed by atoms with Crippen LogP contribution in [0.15, 0.2) is 55.1 Å². The summed E-state index contributed by atoms with van der Waals surface area (Å²) >= 11 is 0. The number of hydrogen-bond acceptors (Lipinski definition) is 12. The van der Waals surface area contributed by atoms with Crippen LogP contribution in [0.25, 0.3) is 11.2 Å². The zero-order valence-electron chi connectivity index (χ0n) is 21.1. The van der Waals surface area contributed by atoms with Crippen LogP contribution in [0, 0.1) is 5.92 Å². The highest BCUT2D eigenvalue weighted by Crippen LogP contribution is 2.45. The Bertz CT molecular complexity index is 1410. The molecule has 2 aromatic heterocycles. The number of hydroxylamine groups is 2. The number of rotatable bonds is 12. The first-order valence-electron chi connectivity index (χ1n) is 11.7. The first-order valence-corrected chi connectivity index (χ1v) is 13.3. The molecule has 0 bridgehead atoms. The van der Waals surface area contributed by atoms with E-state index in [1.807, 2.05) is 16.7 Å². The number of carbonyl (C=O) groups is 2. The van der Waals surface area contributed by atoms with Crippen LogP contribution < -0.4 is 11.2 Å². The maximum absolute atomic E-state index is 13.5. The number of nitrogens with two attached hydrogens (primary N) is 2. The molecule has 208 valence electrons. The highest BCUT2D eigenvalue weighted by molar-refractivity contribution is 7.51. The van der Waals surface area contributed by atoms with Crippen molar-refractivity contribution in [2.75, 3.05) is 26.6 Å². The van der Waals surface area contributed by atoms with Crippen LogP contribution in [0.5, 0.6) is 0 Å². The van der Waals surface area contributed by atoms with Crippen LogP contribution >= 0.6 is 7.75 Å². The SMILES string of the molecule is CON(OC)[C@](CC(=O)O)(C(=O)OP(N)(=O)OC[C@H]1C=C[C@@H](n2cnc3c(N)ncnc32)C1)c1ccccc1. The van der Waals surface area contributed by atoms with Crippen LogP contribution in [-0.2, 0) is 38.4 Å². The highest BCUT2D eigenvalue weighted by atomic mass is 31.2. The third kappa shape index (κ3) is 5.83. The molecule has 0 aliphatic heterocycles. The Labute approximate surface area is 222 Å². The molecule has 0 spiro atoms. The molecule has 0 saturated carbocycles. The zero-order chi connectivity index (χ0) is 28.2. The first-order chi connectivity index (χ1) is 18.6. The lowest BCUT2D eigenvalue weighted by molar-refractivity contribution is -0.389. The van der Waals surface area contributed by atoms with E-state index in [-0.39, 0.29) is 29.9 Å². The quantitative estimate of drug-likeness (QED) is 0.164. The minimum atomic E-state index is -4.52. The van der Waals surface area contributed by atoms with Crippen molar-refractivity contribution in [2.24, 2.45) is 11.4 Å². The van der Waals surface area contributed by atoms with Gasteiger partial charge >= 0.3 is 19.7 Å². The van der Waals surface area contributed by atoms with Gasteiger partial charge in [0.25, 0.3) is 0 Å². The molecule has 16 heteroatoms. The van der Waals surface area contributed by atoms with Gasteiger partial charge in [-0.15, -0.1) is 0 Å². The summed E-state index contributed by atoms with van der Waals surface area (Å²) in [4.78, 5) is 48.0. The lowest BCUT2D eigenvalue weighted by atomic mass is 9.87. The Hall–Kier alpha value is -3.72. The topological polar surface area (TPSA) is 207 Å². The van der Waals surface area contributed by atoms with E-state index in [9.17, 15) is 19.3 Å². The number of fused-ring (bicyclic) bond motifs is 1. The average molecular weight is 561 g/mol. The predicted molar refractivity (Wildman–Crippen MR) is 136 cm³/mol. The lowest BCUT2D eigenvalue weighted by Gasteiger charge is -2.37. The van der Waals surface area contributed by atoms with Gasteiger partial charge in [-0.25, -0.2) is 29.8 Å². The number of carboxylic acid groups (broad SMARTS) is 1. The van der Waals surface area contributed by atoms with Crippen molar-refractivity contribution >= 4 is 36.7 Å². The van der Waals surface area contributed by atoms with Gasteiger partial charge in [0.2, 0.25) is 5.54 Å². The van der Waals surface area contributed by atoms with E-state index in [2.05, 4.69) is 15.0 Å². The second-order valence-electron chi connectivity index (χ2n) is 8.66. The number of carboxylic acids is 1. The minimum absolute atomic E-state index is 0.139. The van der Waals surface area contributed by atoms with Crippen molar-refractivity contribution in [3.63, 3.8) is 0 Å². The number of benzene rings is 1. The Kier molecular flexibility index (Phi) is 8.39. The van der Waals surface area contributed by atoms with E-state index in [1.54, 1.807) is 24.5 Å². The summed E-state index contributed by atoms with van der Waals surface area (Å²) in [6.45, 7) is -0.145. The molecule has 0 radical (unpaired) electrons. The monoisotopic (exact) mass is 561 g/mol. The summed E-state index contributed by atoms with van der Waals surface area (Å²) in [5.41, 5.74) is 10.6. The number of aromatic nitrogens is 4. The molecule has 15 nitrogen and oxygen atoms in total. The molecule has 5 N–H and O–H groups in total. The molecule has 2 heterocycles. The molecule has 1 aromatic carbocycles. The standard InChI is InChI=1S/C23H28N7O8P/c1-35-30(36-2)23(11-18(31)32,16-6-4-3-5-7-16)22(33)38-39(25,34)37-12-15-8-9-17(10-15)29-14-28-19-20(24)26-13-27-21(19)29/h3-9,13-15,17H,10-12H2,1-2H3,(H2,25,34)(H,31,32)(H2,24,26,27)/t15-,17+,23-,39?/m0/s1. The number of nitrogens with zero attached hydrogens (tertiary/aromatic N) is 5. The normalized spacial score (nSPS) is 20.1. The molecule has 1 aliphatic carbocycles. The Morgan fingerprint density at radius 1 is 1.18 bits per heavy atom. The second-order valence-corrected chi connectivity index (χ2v) is 10.2. The minimum Gasteiger partial charge on any atom is -0.481 e. The van der Waals surface area contributed by atoms with Crippen LogP contribution in [0.4, 0.5) is 5.82 Å². The number of aliphatic carboxylic acids is 1.